The third-order valence-corrected chi connectivity index (χ3v) is 14.7. The van der Waals surface area contributed by atoms with Crippen molar-refractivity contribution < 1.29 is 13.3 Å². The first-order chi connectivity index (χ1) is 28.8. The Labute approximate surface area is 341 Å². The number of fused-ring (bicyclic) bond motifs is 6. The van der Waals surface area contributed by atoms with Crippen molar-refractivity contribution in [3.63, 3.8) is 0 Å². The van der Waals surface area contributed by atoms with E-state index in [2.05, 4.69) is 38.1 Å². The maximum absolute atomic E-state index is 15.0. The van der Waals surface area contributed by atoms with Crippen LogP contribution in [-0.2, 0) is 11.0 Å². The summed E-state index contributed by atoms with van der Waals surface area (Å²) in [5.74, 6) is -0.318. The van der Waals surface area contributed by atoms with Gasteiger partial charge in [0, 0.05) is 55.6 Å². The van der Waals surface area contributed by atoms with Crippen molar-refractivity contribution in [1.29, 1.82) is 0 Å². The molecule has 7 heteroatoms. The van der Waals surface area contributed by atoms with Crippen LogP contribution in [-0.4, -0.2) is 21.1 Å². The summed E-state index contributed by atoms with van der Waals surface area (Å²) >= 11 is 0. The van der Waals surface area contributed by atoms with E-state index in [9.17, 15) is 8.78 Å². The largest absolute Gasteiger partial charge is 0.309 e. The molecule has 0 saturated heterocycles. The Morgan fingerprint density at radius 2 is 1.34 bits per heavy atom. The summed E-state index contributed by atoms with van der Waals surface area (Å²) in [6.45, 7) is 4.32. The van der Waals surface area contributed by atoms with Gasteiger partial charge in [-0.15, -0.1) is 0 Å². The molecule has 3 aromatic heterocycles. The van der Waals surface area contributed by atoms with Gasteiger partial charge in [-0.1, -0.05) is 109 Å². The van der Waals surface area contributed by atoms with Crippen molar-refractivity contribution >= 4 is 61.6 Å². The normalized spacial score (nSPS) is 15.2. The Bertz CT molecular complexity index is 3170. The second-order valence-electron chi connectivity index (χ2n) is 15.3. The van der Waals surface area contributed by atoms with Crippen LogP contribution in [0.25, 0.3) is 61.0 Å². The molecule has 1 atom stereocenters. The van der Waals surface area contributed by atoms with Gasteiger partial charge in [0.05, 0.1) is 28.1 Å². The van der Waals surface area contributed by atoms with E-state index < -0.39 is 13.3 Å². The minimum Gasteiger partial charge on any atom is -0.309 e. The molecule has 4 nitrogen and oxygen atoms in total. The van der Waals surface area contributed by atoms with E-state index in [0.717, 1.165) is 98.9 Å². The molecule has 0 N–H and O–H groups in total. The quantitative estimate of drug-likeness (QED) is 0.158. The molecule has 10 rings (SSSR count). The summed E-state index contributed by atoms with van der Waals surface area (Å²) in [6.07, 6.45) is 7.09. The van der Waals surface area contributed by atoms with Crippen LogP contribution in [0.3, 0.4) is 0 Å². The molecule has 0 spiro atoms. The van der Waals surface area contributed by atoms with Crippen LogP contribution < -0.4 is 26.4 Å². The third-order valence-electron chi connectivity index (χ3n) is 11.7. The highest BCUT2D eigenvalue weighted by Crippen LogP contribution is 2.42. The number of nitrogens with zero attached hydrogens (tertiary/aromatic N) is 3. The lowest BCUT2D eigenvalue weighted by molar-refractivity contribution is 0.402. The number of hydrogen-bond acceptors (Lipinski definition) is 4. The first-order valence-electron chi connectivity index (χ1n) is 19.8. The Balaban J connectivity index is 1.19. The molecule has 0 aliphatic heterocycles. The lowest BCUT2D eigenvalue weighted by Crippen LogP contribution is -2.32. The smallest absolute Gasteiger partial charge is 0.172 e. The van der Waals surface area contributed by atoms with Crippen molar-refractivity contribution in [3.8, 4) is 22.5 Å². The minimum atomic E-state index is -3.19. The number of alkyl halides is 1. The number of allylic oxidation sites excluding steroid dienone is 4. The van der Waals surface area contributed by atoms with Gasteiger partial charge in [-0.05, 0) is 102 Å². The van der Waals surface area contributed by atoms with Crippen LogP contribution >= 0.6 is 7.14 Å². The predicted molar refractivity (Wildman–Crippen MR) is 238 cm³/mol. The summed E-state index contributed by atoms with van der Waals surface area (Å²) in [7, 11) is -3.19. The summed E-state index contributed by atoms with van der Waals surface area (Å²) in [4.78, 5) is 15.5. The van der Waals surface area contributed by atoms with Gasteiger partial charge < -0.3 is 4.57 Å². The van der Waals surface area contributed by atoms with Gasteiger partial charge in [-0.25, -0.2) is 18.7 Å². The van der Waals surface area contributed by atoms with Gasteiger partial charge in [-0.3, -0.25) is 4.98 Å². The molecule has 0 bridgehead atoms. The second kappa shape index (κ2) is 14.6. The number of halogens is 2. The Morgan fingerprint density at radius 3 is 2.02 bits per heavy atom. The summed E-state index contributed by atoms with van der Waals surface area (Å²) in [6, 6.07) is 44.0. The number of hydrogen-bond donors (Lipinski definition) is 0. The Kier molecular flexibility index (Phi) is 9.11. The van der Waals surface area contributed by atoms with Crippen molar-refractivity contribution in [2.75, 3.05) is 0 Å². The number of pyridine rings is 3. The number of benzene rings is 5. The van der Waals surface area contributed by atoms with Gasteiger partial charge in [0.15, 0.2) is 7.14 Å². The maximum Gasteiger partial charge on any atom is 0.172 e. The van der Waals surface area contributed by atoms with E-state index >= 15 is 4.57 Å². The van der Waals surface area contributed by atoms with Crippen molar-refractivity contribution in [1.82, 2.24) is 15.0 Å². The fraction of sp³-hybridized carbons (Fsp3) is 0.0962. The van der Waals surface area contributed by atoms with Crippen LogP contribution in [0.1, 0.15) is 37.1 Å². The Morgan fingerprint density at radius 1 is 0.661 bits per heavy atom. The molecule has 59 heavy (non-hydrogen) atoms. The van der Waals surface area contributed by atoms with Gasteiger partial charge in [0.25, 0.3) is 0 Å². The van der Waals surface area contributed by atoms with Crippen LogP contribution in [0.2, 0.25) is 0 Å². The SMILES string of the molecule is CC1=c2c(-c3ccc(F)cc3)nc3cc(-c4ccc(P(=O)(c5ccccc5)c5ccccc5)cn4)ccc3c2=C(C)Cc2c(C3=CCC(F)C=C3)nc3ccccc3c21. The topological polar surface area (TPSA) is 55.7 Å². The molecule has 0 saturated carbocycles. The highest BCUT2D eigenvalue weighted by molar-refractivity contribution is 7.85. The molecule has 5 aromatic carbocycles. The van der Waals surface area contributed by atoms with Gasteiger partial charge in [-0.2, -0.15) is 0 Å². The van der Waals surface area contributed by atoms with Crippen molar-refractivity contribution in [2.24, 2.45) is 0 Å². The monoisotopic (exact) mass is 789 g/mol. The van der Waals surface area contributed by atoms with Crippen molar-refractivity contribution in [2.45, 2.75) is 32.9 Å². The molecule has 3 heterocycles. The molecule has 8 aromatic rings. The summed E-state index contributed by atoms with van der Waals surface area (Å²) in [5, 5.41) is 6.26. The average Bonchev–Trinajstić information content (AvgIpc) is 3.40. The second-order valence-corrected chi connectivity index (χ2v) is 18.1. The van der Waals surface area contributed by atoms with Crippen LogP contribution in [0, 0.1) is 5.82 Å². The highest BCUT2D eigenvalue weighted by Gasteiger charge is 2.30. The third kappa shape index (κ3) is 6.27. The highest BCUT2D eigenvalue weighted by atomic mass is 31.2. The molecule has 2 aliphatic carbocycles. The van der Waals surface area contributed by atoms with E-state index in [0.29, 0.717) is 18.1 Å². The molecular formula is C52H38F2N3OP. The molecule has 1 unspecified atom stereocenters. The average molecular weight is 790 g/mol. The van der Waals surface area contributed by atoms with E-state index in [4.69, 9.17) is 15.0 Å². The molecule has 0 fully saturated rings. The lowest BCUT2D eigenvalue weighted by atomic mass is 9.88. The van der Waals surface area contributed by atoms with Crippen LogP contribution in [0.5, 0.6) is 0 Å². The summed E-state index contributed by atoms with van der Waals surface area (Å²) in [5.41, 5.74) is 10.9. The molecule has 2 aliphatic rings. The number of aromatic nitrogens is 3. The zero-order chi connectivity index (χ0) is 40.3. The Hall–Kier alpha value is -6.62. The lowest BCUT2D eigenvalue weighted by Gasteiger charge is -2.20. The molecule has 0 radical (unpaired) electrons. The number of rotatable bonds is 6. The van der Waals surface area contributed by atoms with Crippen LogP contribution in [0.15, 0.2) is 164 Å². The first kappa shape index (κ1) is 36.7. The van der Waals surface area contributed by atoms with Gasteiger partial charge in [0.2, 0.25) is 0 Å². The number of para-hydroxylation sites is 1. The van der Waals surface area contributed by atoms with E-state index in [1.165, 1.54) is 12.1 Å². The first-order valence-corrected chi connectivity index (χ1v) is 21.5. The van der Waals surface area contributed by atoms with Crippen molar-refractivity contribution in [3.05, 3.63) is 197 Å². The standard InChI is InChI=1S/C52H38F2N3OP/c1-32-29-44-49(42-15-9-10-16-46(42)56-51(44)34-17-22-37(53)23-18-34)33(2)50-48(32)43-27-21-36(30-47(43)57-52(50)35-19-24-38(54)25-20-35)45-28-26-41(31-55-45)59(58,39-11-5-3-6-12-39)40-13-7-4-8-14-40/h3-22,24-28,30-31,37H,23,29H2,1-2H3. The van der Waals surface area contributed by atoms with E-state index in [1.54, 1.807) is 24.4 Å². The zero-order valence-electron chi connectivity index (χ0n) is 32.5. The van der Waals surface area contributed by atoms with E-state index in [-0.39, 0.29) is 5.82 Å². The molecule has 0 amide bonds. The molecular weight excluding hydrogens is 752 g/mol. The molecule has 286 valence electrons. The fourth-order valence-electron chi connectivity index (χ4n) is 8.85. The van der Waals surface area contributed by atoms with Gasteiger partial charge >= 0.3 is 0 Å². The maximum atomic E-state index is 15.0. The van der Waals surface area contributed by atoms with E-state index in [1.807, 2.05) is 103 Å². The fourth-order valence-corrected chi connectivity index (χ4v) is 11.4. The predicted octanol–water partition coefficient (Wildman–Crippen LogP) is 9.92. The zero-order valence-corrected chi connectivity index (χ0v) is 33.4. The van der Waals surface area contributed by atoms with Crippen LogP contribution in [0.4, 0.5) is 8.78 Å². The minimum absolute atomic E-state index is 0.309. The summed E-state index contributed by atoms with van der Waals surface area (Å²) < 4.78 is 43.8. The van der Waals surface area contributed by atoms with Gasteiger partial charge in [0.1, 0.15) is 12.0 Å².